The molecule has 5 nitrogen and oxygen atoms in total. The van der Waals surface area contributed by atoms with Gasteiger partial charge in [0.25, 0.3) is 0 Å². The number of anilines is 1. The van der Waals surface area contributed by atoms with Gasteiger partial charge in [0.1, 0.15) is 0 Å². The van der Waals surface area contributed by atoms with E-state index in [-0.39, 0.29) is 29.9 Å². The lowest BCUT2D eigenvalue weighted by atomic mass is 10.2. The van der Waals surface area contributed by atoms with Gasteiger partial charge in [-0.05, 0) is 17.9 Å². The van der Waals surface area contributed by atoms with E-state index in [9.17, 15) is 13.2 Å². The SMILES string of the molecule is CCSc1ccccc1NC(=O)CC1CS(=O)(=O)CCN1. The molecule has 1 atom stereocenters. The molecule has 1 aromatic rings. The number of carbonyl (C=O) groups excluding carboxylic acids is 1. The molecule has 2 N–H and O–H groups in total. The molecule has 0 saturated carbocycles. The van der Waals surface area contributed by atoms with E-state index in [1.165, 1.54) is 0 Å². The molecular weight excluding hydrogens is 308 g/mol. The number of thioether (sulfide) groups is 1. The van der Waals surface area contributed by atoms with Crippen molar-refractivity contribution in [2.24, 2.45) is 0 Å². The van der Waals surface area contributed by atoms with Gasteiger partial charge in [-0.15, -0.1) is 11.8 Å². The Kier molecular flexibility index (Phi) is 5.66. The van der Waals surface area contributed by atoms with Crippen molar-refractivity contribution < 1.29 is 13.2 Å². The van der Waals surface area contributed by atoms with E-state index < -0.39 is 9.84 Å². The topological polar surface area (TPSA) is 75.3 Å². The maximum atomic E-state index is 12.1. The predicted molar refractivity (Wildman–Crippen MR) is 86.5 cm³/mol. The summed E-state index contributed by atoms with van der Waals surface area (Å²) in [7, 11) is -3.01. The summed E-state index contributed by atoms with van der Waals surface area (Å²) in [5, 5.41) is 5.96. The summed E-state index contributed by atoms with van der Waals surface area (Å²) < 4.78 is 23.1. The molecule has 2 rings (SSSR count). The minimum absolute atomic E-state index is 0.0335. The van der Waals surface area contributed by atoms with Crippen molar-refractivity contribution in [3.8, 4) is 0 Å². The lowest BCUT2D eigenvalue weighted by molar-refractivity contribution is -0.116. The summed E-state index contributed by atoms with van der Waals surface area (Å²) in [6, 6.07) is 7.34. The van der Waals surface area contributed by atoms with Crippen molar-refractivity contribution in [2.75, 3.05) is 29.1 Å². The number of hydrogen-bond donors (Lipinski definition) is 2. The summed E-state index contributed by atoms with van der Waals surface area (Å²) in [5.41, 5.74) is 0.785. The Morgan fingerprint density at radius 2 is 2.19 bits per heavy atom. The molecule has 0 aromatic heterocycles. The highest BCUT2D eigenvalue weighted by Gasteiger charge is 2.26. The molecule has 1 fully saturated rings. The van der Waals surface area contributed by atoms with E-state index in [2.05, 4.69) is 17.6 Å². The van der Waals surface area contributed by atoms with E-state index in [1.54, 1.807) is 11.8 Å². The molecule has 1 aliphatic heterocycles. The molecule has 21 heavy (non-hydrogen) atoms. The zero-order chi connectivity index (χ0) is 15.3. The Bertz CT molecular complexity index is 602. The molecule has 1 saturated heterocycles. The smallest absolute Gasteiger partial charge is 0.226 e. The van der Waals surface area contributed by atoms with E-state index in [0.29, 0.717) is 6.54 Å². The lowest BCUT2D eigenvalue weighted by Crippen LogP contribution is -2.46. The number of amides is 1. The van der Waals surface area contributed by atoms with Gasteiger partial charge in [0.05, 0.1) is 17.2 Å². The van der Waals surface area contributed by atoms with Gasteiger partial charge in [0.2, 0.25) is 5.91 Å². The van der Waals surface area contributed by atoms with Crippen molar-refractivity contribution in [3.05, 3.63) is 24.3 Å². The Morgan fingerprint density at radius 3 is 2.90 bits per heavy atom. The third-order valence-electron chi connectivity index (χ3n) is 3.19. The summed E-state index contributed by atoms with van der Waals surface area (Å²) in [4.78, 5) is 13.1. The average Bonchev–Trinajstić information content (AvgIpc) is 2.40. The van der Waals surface area contributed by atoms with Crippen LogP contribution >= 0.6 is 11.8 Å². The summed E-state index contributed by atoms with van der Waals surface area (Å²) in [5.74, 6) is 0.955. The number of nitrogens with one attached hydrogen (secondary N) is 2. The lowest BCUT2D eigenvalue weighted by Gasteiger charge is -2.23. The van der Waals surface area contributed by atoms with Gasteiger partial charge in [-0.3, -0.25) is 4.79 Å². The molecule has 1 heterocycles. The first-order valence-corrected chi connectivity index (χ1v) is 9.76. The number of rotatable bonds is 5. The second-order valence-corrected chi connectivity index (χ2v) is 8.48. The van der Waals surface area contributed by atoms with Crippen LogP contribution in [0.3, 0.4) is 0 Å². The maximum absolute atomic E-state index is 12.1. The first-order valence-electron chi connectivity index (χ1n) is 6.95. The minimum Gasteiger partial charge on any atom is -0.325 e. The molecular formula is C14H20N2O3S2. The molecule has 1 aliphatic rings. The van der Waals surface area contributed by atoms with Crippen molar-refractivity contribution in [3.63, 3.8) is 0 Å². The fourth-order valence-electron chi connectivity index (χ4n) is 2.27. The molecule has 0 bridgehead atoms. The van der Waals surface area contributed by atoms with E-state index in [1.807, 2.05) is 24.3 Å². The summed E-state index contributed by atoms with van der Waals surface area (Å²) in [6.07, 6.45) is 0.171. The molecule has 1 aromatic carbocycles. The Morgan fingerprint density at radius 1 is 1.43 bits per heavy atom. The highest BCUT2D eigenvalue weighted by molar-refractivity contribution is 7.99. The predicted octanol–water partition coefficient (Wildman–Crippen LogP) is 1.51. The molecule has 0 spiro atoms. The van der Waals surface area contributed by atoms with Crippen molar-refractivity contribution in [2.45, 2.75) is 24.3 Å². The first kappa shape index (κ1) is 16.3. The molecule has 1 unspecified atom stereocenters. The Labute approximate surface area is 129 Å². The van der Waals surface area contributed by atoms with Crippen LogP contribution in [0.5, 0.6) is 0 Å². The monoisotopic (exact) mass is 328 g/mol. The van der Waals surface area contributed by atoms with Crippen molar-refractivity contribution >= 4 is 33.2 Å². The quantitative estimate of drug-likeness (QED) is 0.802. The molecule has 0 aliphatic carbocycles. The normalized spacial score (nSPS) is 20.9. The van der Waals surface area contributed by atoms with Gasteiger partial charge >= 0.3 is 0 Å². The average molecular weight is 328 g/mol. The van der Waals surface area contributed by atoms with Gasteiger partial charge in [0, 0.05) is 23.9 Å². The summed E-state index contributed by atoms with van der Waals surface area (Å²) in [6.45, 7) is 2.47. The summed E-state index contributed by atoms with van der Waals surface area (Å²) >= 11 is 1.66. The number of carbonyl (C=O) groups is 1. The highest BCUT2D eigenvalue weighted by atomic mass is 32.2. The third-order valence-corrected chi connectivity index (χ3v) is 5.89. The zero-order valence-corrected chi connectivity index (χ0v) is 13.6. The molecule has 7 heteroatoms. The van der Waals surface area contributed by atoms with Crippen LogP contribution < -0.4 is 10.6 Å². The van der Waals surface area contributed by atoms with E-state index >= 15 is 0 Å². The van der Waals surface area contributed by atoms with E-state index in [0.717, 1.165) is 16.3 Å². The number of para-hydroxylation sites is 1. The van der Waals surface area contributed by atoms with Crippen LogP contribution in [-0.4, -0.2) is 44.2 Å². The van der Waals surface area contributed by atoms with Crippen LogP contribution in [0.25, 0.3) is 0 Å². The maximum Gasteiger partial charge on any atom is 0.226 e. The van der Waals surface area contributed by atoms with E-state index in [4.69, 9.17) is 0 Å². The van der Waals surface area contributed by atoms with Crippen molar-refractivity contribution in [1.29, 1.82) is 0 Å². The van der Waals surface area contributed by atoms with Gasteiger partial charge in [-0.1, -0.05) is 19.1 Å². The molecule has 1 amide bonds. The van der Waals surface area contributed by atoms with Gasteiger partial charge in [-0.2, -0.15) is 0 Å². The number of benzene rings is 1. The van der Waals surface area contributed by atoms with Gasteiger partial charge in [-0.25, -0.2) is 8.42 Å². The fraction of sp³-hybridized carbons (Fsp3) is 0.500. The second kappa shape index (κ2) is 7.29. The van der Waals surface area contributed by atoms with Crippen LogP contribution in [0, 0.1) is 0 Å². The second-order valence-electron chi connectivity index (χ2n) is 4.95. The molecule has 0 radical (unpaired) electrons. The highest BCUT2D eigenvalue weighted by Crippen LogP contribution is 2.26. The van der Waals surface area contributed by atoms with Crippen molar-refractivity contribution in [1.82, 2.24) is 5.32 Å². The van der Waals surface area contributed by atoms with Gasteiger partial charge in [0.15, 0.2) is 9.84 Å². The van der Waals surface area contributed by atoms with Gasteiger partial charge < -0.3 is 10.6 Å². The Hall–Kier alpha value is -1.05. The van der Waals surface area contributed by atoms with Crippen LogP contribution in [0.1, 0.15) is 13.3 Å². The minimum atomic E-state index is -3.01. The number of sulfone groups is 1. The third kappa shape index (κ3) is 5.01. The van der Waals surface area contributed by atoms with Crippen LogP contribution in [0.2, 0.25) is 0 Å². The van der Waals surface area contributed by atoms with Crippen LogP contribution in [0.15, 0.2) is 29.2 Å². The van der Waals surface area contributed by atoms with Crippen LogP contribution in [0.4, 0.5) is 5.69 Å². The molecule has 116 valence electrons. The largest absolute Gasteiger partial charge is 0.325 e. The first-order chi connectivity index (χ1) is 10.00. The number of hydrogen-bond acceptors (Lipinski definition) is 5. The Balaban J connectivity index is 1.96. The standard InChI is InChI=1S/C14H20N2O3S2/c1-2-20-13-6-4-3-5-12(13)16-14(17)9-11-10-21(18,19)8-7-15-11/h3-6,11,15H,2,7-10H2,1H3,(H,16,17). The fourth-order valence-corrected chi connectivity index (χ4v) is 4.48. The van der Waals surface area contributed by atoms with Crippen LogP contribution in [-0.2, 0) is 14.6 Å². The zero-order valence-electron chi connectivity index (χ0n) is 12.0.